The summed E-state index contributed by atoms with van der Waals surface area (Å²) in [7, 11) is 0. The molecule has 1 aliphatic heterocycles. The lowest BCUT2D eigenvalue weighted by molar-refractivity contribution is -0.131. The van der Waals surface area contributed by atoms with E-state index in [4.69, 9.17) is 14.2 Å². The van der Waals surface area contributed by atoms with Crippen LogP contribution in [0.3, 0.4) is 0 Å². The van der Waals surface area contributed by atoms with Gasteiger partial charge in [0.15, 0.2) is 0 Å². The minimum Gasteiger partial charge on any atom is -0.390 e. The number of aliphatic hydroxyl groups is 1. The van der Waals surface area contributed by atoms with Crippen molar-refractivity contribution < 1.29 is 24.1 Å². The van der Waals surface area contributed by atoms with Crippen LogP contribution in [0.2, 0.25) is 0 Å². The highest BCUT2D eigenvalue weighted by Gasteiger charge is 2.30. The van der Waals surface area contributed by atoms with E-state index in [0.717, 1.165) is 5.56 Å². The zero-order valence-corrected chi connectivity index (χ0v) is 13.4. The number of hydrogen-bond donors (Lipinski definition) is 2. The zero-order chi connectivity index (χ0) is 16.5. The molecule has 23 heavy (non-hydrogen) atoms. The van der Waals surface area contributed by atoms with Gasteiger partial charge in [-0.1, -0.05) is 30.3 Å². The Labute approximate surface area is 136 Å². The highest BCUT2D eigenvalue weighted by atomic mass is 16.6. The third-order valence-electron chi connectivity index (χ3n) is 3.64. The Kier molecular flexibility index (Phi) is 7.48. The van der Waals surface area contributed by atoms with Gasteiger partial charge in [0.1, 0.15) is 6.10 Å². The molecule has 0 spiro atoms. The van der Waals surface area contributed by atoms with E-state index in [9.17, 15) is 9.90 Å². The van der Waals surface area contributed by atoms with Crippen molar-refractivity contribution in [1.29, 1.82) is 0 Å². The van der Waals surface area contributed by atoms with E-state index in [1.54, 1.807) is 0 Å². The number of hydrogen-bond acceptors (Lipinski definition) is 5. The fourth-order valence-electron chi connectivity index (χ4n) is 2.49. The van der Waals surface area contributed by atoms with Gasteiger partial charge in [-0.25, -0.2) is 0 Å². The summed E-state index contributed by atoms with van der Waals surface area (Å²) in [5.74, 6) is -0.115. The summed E-state index contributed by atoms with van der Waals surface area (Å²) in [6.07, 6.45) is -0.502. The lowest BCUT2D eigenvalue weighted by atomic mass is 10.0. The number of nitrogens with one attached hydrogen (secondary N) is 1. The van der Waals surface area contributed by atoms with Crippen molar-refractivity contribution in [2.24, 2.45) is 0 Å². The lowest BCUT2D eigenvalue weighted by Crippen LogP contribution is -2.50. The molecule has 1 amide bonds. The maximum Gasteiger partial charge on any atom is 0.217 e. The molecule has 2 rings (SSSR count). The second-order valence-corrected chi connectivity index (χ2v) is 5.69. The SMILES string of the molecule is CC(=O)N[C@H]1CO[C@H](COCCOCc2ccccc2)[C@H](O)C1. The summed E-state index contributed by atoms with van der Waals surface area (Å²) >= 11 is 0. The first-order valence-electron chi connectivity index (χ1n) is 7.91. The van der Waals surface area contributed by atoms with E-state index in [2.05, 4.69) is 5.32 Å². The predicted molar refractivity (Wildman–Crippen MR) is 84.9 cm³/mol. The van der Waals surface area contributed by atoms with Gasteiger partial charge in [0.25, 0.3) is 0 Å². The quantitative estimate of drug-likeness (QED) is 0.694. The van der Waals surface area contributed by atoms with E-state index in [0.29, 0.717) is 39.5 Å². The molecule has 3 atom stereocenters. The normalized spacial score (nSPS) is 24.3. The van der Waals surface area contributed by atoms with Crippen LogP contribution in [-0.2, 0) is 25.6 Å². The van der Waals surface area contributed by atoms with Crippen molar-refractivity contribution in [3.8, 4) is 0 Å². The number of benzene rings is 1. The fourth-order valence-corrected chi connectivity index (χ4v) is 2.49. The Morgan fingerprint density at radius 3 is 2.74 bits per heavy atom. The van der Waals surface area contributed by atoms with Crippen molar-refractivity contribution in [2.75, 3.05) is 26.4 Å². The van der Waals surface area contributed by atoms with Crippen LogP contribution in [-0.4, -0.2) is 55.7 Å². The molecule has 6 nitrogen and oxygen atoms in total. The van der Waals surface area contributed by atoms with Gasteiger partial charge in [0.05, 0.1) is 45.2 Å². The number of aliphatic hydroxyl groups excluding tert-OH is 1. The number of ether oxygens (including phenoxy) is 3. The zero-order valence-electron chi connectivity index (χ0n) is 13.4. The molecule has 0 bridgehead atoms. The van der Waals surface area contributed by atoms with Gasteiger partial charge in [-0.15, -0.1) is 0 Å². The molecule has 0 aliphatic carbocycles. The van der Waals surface area contributed by atoms with Gasteiger partial charge in [-0.2, -0.15) is 0 Å². The van der Waals surface area contributed by atoms with Crippen LogP contribution in [0.25, 0.3) is 0 Å². The van der Waals surface area contributed by atoms with Crippen LogP contribution in [0.4, 0.5) is 0 Å². The molecule has 0 saturated carbocycles. The van der Waals surface area contributed by atoms with Crippen LogP contribution < -0.4 is 5.32 Å². The van der Waals surface area contributed by atoms with Gasteiger partial charge < -0.3 is 24.6 Å². The van der Waals surface area contributed by atoms with Crippen molar-refractivity contribution in [3.05, 3.63) is 35.9 Å². The van der Waals surface area contributed by atoms with Crippen LogP contribution in [0.5, 0.6) is 0 Å². The summed E-state index contributed by atoms with van der Waals surface area (Å²) in [6, 6.07) is 9.82. The average molecular weight is 323 g/mol. The van der Waals surface area contributed by atoms with Crippen molar-refractivity contribution in [2.45, 2.75) is 38.2 Å². The van der Waals surface area contributed by atoms with E-state index in [1.807, 2.05) is 30.3 Å². The minimum atomic E-state index is -0.633. The van der Waals surface area contributed by atoms with Crippen molar-refractivity contribution in [1.82, 2.24) is 5.32 Å². The average Bonchev–Trinajstić information content (AvgIpc) is 2.53. The number of amides is 1. The lowest BCUT2D eigenvalue weighted by Gasteiger charge is -2.33. The first-order valence-corrected chi connectivity index (χ1v) is 7.91. The number of rotatable bonds is 8. The first-order chi connectivity index (χ1) is 11.1. The second-order valence-electron chi connectivity index (χ2n) is 5.69. The van der Waals surface area contributed by atoms with Crippen LogP contribution in [0.1, 0.15) is 18.9 Å². The third kappa shape index (κ3) is 6.66. The molecule has 0 radical (unpaired) electrons. The van der Waals surface area contributed by atoms with Crippen LogP contribution >= 0.6 is 0 Å². The summed E-state index contributed by atoms with van der Waals surface area (Å²) in [5.41, 5.74) is 1.13. The molecule has 128 valence electrons. The largest absolute Gasteiger partial charge is 0.390 e. The maximum atomic E-state index is 11.0. The molecule has 0 aromatic heterocycles. The molecule has 2 N–H and O–H groups in total. The highest BCUT2D eigenvalue weighted by Crippen LogP contribution is 2.15. The summed E-state index contributed by atoms with van der Waals surface area (Å²) in [4.78, 5) is 11.0. The molecule has 1 aromatic rings. The topological polar surface area (TPSA) is 77.0 Å². The molecule has 1 aliphatic rings. The van der Waals surface area contributed by atoms with E-state index < -0.39 is 6.10 Å². The smallest absolute Gasteiger partial charge is 0.217 e. The predicted octanol–water partition coefficient (Wildman–Crippen LogP) is 0.874. The maximum absolute atomic E-state index is 11.0. The molecule has 0 unspecified atom stereocenters. The fraction of sp³-hybridized carbons (Fsp3) is 0.588. The van der Waals surface area contributed by atoms with Gasteiger partial charge >= 0.3 is 0 Å². The van der Waals surface area contributed by atoms with E-state index in [1.165, 1.54) is 6.92 Å². The van der Waals surface area contributed by atoms with Crippen LogP contribution in [0, 0.1) is 0 Å². The monoisotopic (exact) mass is 323 g/mol. The molecular weight excluding hydrogens is 298 g/mol. The highest BCUT2D eigenvalue weighted by molar-refractivity contribution is 5.73. The van der Waals surface area contributed by atoms with Gasteiger partial charge in [-0.3, -0.25) is 4.79 Å². The van der Waals surface area contributed by atoms with E-state index >= 15 is 0 Å². The van der Waals surface area contributed by atoms with Crippen molar-refractivity contribution in [3.63, 3.8) is 0 Å². The standard InChI is InChI=1S/C17H25NO5/c1-13(19)18-15-9-16(20)17(23-11-15)12-22-8-7-21-10-14-5-3-2-4-6-14/h2-6,15-17,20H,7-12H2,1H3,(H,18,19)/t15-,16-,17-/m1/s1. The molecule has 6 heteroatoms. The Balaban J connectivity index is 1.54. The van der Waals surface area contributed by atoms with Crippen molar-refractivity contribution >= 4 is 5.91 Å². The number of carbonyl (C=O) groups is 1. The number of carbonyl (C=O) groups excluding carboxylic acids is 1. The third-order valence-corrected chi connectivity index (χ3v) is 3.64. The Morgan fingerprint density at radius 2 is 2.04 bits per heavy atom. The minimum absolute atomic E-state index is 0.115. The van der Waals surface area contributed by atoms with Gasteiger partial charge in [-0.05, 0) is 12.0 Å². The molecule has 1 heterocycles. The summed E-state index contributed by atoms with van der Waals surface area (Å²) in [6.45, 7) is 3.68. The molecule has 1 saturated heterocycles. The Morgan fingerprint density at radius 1 is 1.30 bits per heavy atom. The van der Waals surface area contributed by atoms with Gasteiger partial charge in [0.2, 0.25) is 5.91 Å². The van der Waals surface area contributed by atoms with Crippen LogP contribution in [0.15, 0.2) is 30.3 Å². The summed E-state index contributed by atoms with van der Waals surface area (Å²) < 4.78 is 16.6. The van der Waals surface area contributed by atoms with E-state index in [-0.39, 0.29) is 18.1 Å². The molecular formula is C17H25NO5. The Hall–Kier alpha value is -1.47. The Bertz CT molecular complexity index is 467. The second kappa shape index (κ2) is 9.62. The first kappa shape index (κ1) is 17.9. The summed E-state index contributed by atoms with van der Waals surface area (Å²) in [5, 5.41) is 12.8. The molecule has 1 aromatic carbocycles. The molecule has 1 fully saturated rings. The van der Waals surface area contributed by atoms with Gasteiger partial charge in [0, 0.05) is 6.92 Å².